The second kappa shape index (κ2) is 8.68. The number of carbonyl (C=O) groups is 2. The van der Waals surface area contributed by atoms with E-state index in [1.54, 1.807) is 12.3 Å². The molecule has 0 saturated heterocycles. The van der Waals surface area contributed by atoms with Crippen molar-refractivity contribution in [3.8, 4) is 6.07 Å². The molecule has 28 heavy (non-hydrogen) atoms. The average Bonchev–Trinajstić information content (AvgIpc) is 2.68. The number of nitriles is 1. The van der Waals surface area contributed by atoms with Crippen molar-refractivity contribution in [3.05, 3.63) is 45.8 Å². The van der Waals surface area contributed by atoms with Gasteiger partial charge in [0.25, 0.3) is 11.8 Å². The standard InChI is InChI=1S/C22H23N4O2/c1-26(2)10-4-9-24-22(28)16-6-7-18-15(5-3-8-23)11-17-13-21(27)25-14-20(17)19(18)12-16/h6-7,11-14H,3-5,9-10H2,1-2H3,(H,24,28). The molecule has 2 aromatic carbocycles. The Hall–Kier alpha value is -3.17. The molecule has 2 amide bonds. The van der Waals surface area contributed by atoms with Gasteiger partial charge in [-0.05, 0) is 67.2 Å². The molecular weight excluding hydrogens is 352 g/mol. The molecule has 0 atom stereocenters. The van der Waals surface area contributed by atoms with Crippen molar-refractivity contribution < 1.29 is 9.59 Å². The number of carbonyl (C=O) groups excluding carboxylic acids is 2. The summed E-state index contributed by atoms with van der Waals surface area (Å²) >= 11 is 0. The van der Waals surface area contributed by atoms with Crippen molar-refractivity contribution >= 4 is 34.9 Å². The molecule has 3 rings (SSSR count). The smallest absolute Gasteiger partial charge is 0.270 e. The van der Waals surface area contributed by atoms with Crippen LogP contribution in [-0.2, 0) is 11.2 Å². The van der Waals surface area contributed by atoms with Gasteiger partial charge in [-0.25, -0.2) is 5.32 Å². The van der Waals surface area contributed by atoms with Gasteiger partial charge in [0, 0.05) is 36.0 Å². The van der Waals surface area contributed by atoms with E-state index < -0.39 is 0 Å². The van der Waals surface area contributed by atoms with Gasteiger partial charge in [0.2, 0.25) is 0 Å². The maximum atomic E-state index is 12.5. The Bertz CT molecular complexity index is 1080. The minimum Gasteiger partial charge on any atom is -0.352 e. The van der Waals surface area contributed by atoms with Crippen LogP contribution in [0.25, 0.3) is 23.0 Å². The topological polar surface area (TPSA) is 87.3 Å². The third-order valence-electron chi connectivity index (χ3n) is 4.73. The summed E-state index contributed by atoms with van der Waals surface area (Å²) in [5.41, 5.74) is 1.56. The SMILES string of the molecule is CN(C)CCCNC(=O)c1ccc2c(CCC#N)cc3c(c2c1)=C[N]C(=O)C=3. The molecule has 0 saturated carbocycles. The quantitative estimate of drug-likeness (QED) is 0.720. The lowest BCUT2D eigenvalue weighted by Gasteiger charge is -2.12. The van der Waals surface area contributed by atoms with E-state index in [9.17, 15) is 9.59 Å². The summed E-state index contributed by atoms with van der Waals surface area (Å²) in [6.45, 7) is 1.52. The van der Waals surface area contributed by atoms with Crippen molar-refractivity contribution in [3.63, 3.8) is 0 Å². The van der Waals surface area contributed by atoms with E-state index in [-0.39, 0.29) is 11.8 Å². The molecule has 0 fully saturated rings. The minimum atomic E-state index is -0.298. The van der Waals surface area contributed by atoms with Gasteiger partial charge >= 0.3 is 0 Å². The van der Waals surface area contributed by atoms with Gasteiger partial charge < -0.3 is 10.2 Å². The molecule has 1 radical (unpaired) electrons. The highest BCUT2D eigenvalue weighted by Gasteiger charge is 2.12. The van der Waals surface area contributed by atoms with E-state index in [2.05, 4.69) is 21.6 Å². The lowest BCUT2D eigenvalue weighted by atomic mass is 9.95. The fourth-order valence-corrected chi connectivity index (χ4v) is 3.35. The third kappa shape index (κ3) is 4.38. The molecule has 1 aliphatic rings. The highest BCUT2D eigenvalue weighted by atomic mass is 16.2. The first-order valence-corrected chi connectivity index (χ1v) is 9.32. The van der Waals surface area contributed by atoms with Crippen LogP contribution < -0.4 is 21.1 Å². The lowest BCUT2D eigenvalue weighted by Crippen LogP contribution is -2.34. The number of fused-ring (bicyclic) bond motifs is 3. The van der Waals surface area contributed by atoms with Crippen LogP contribution in [0.3, 0.4) is 0 Å². The molecule has 1 N–H and O–H groups in total. The first-order chi connectivity index (χ1) is 13.5. The van der Waals surface area contributed by atoms with Gasteiger partial charge in [-0.2, -0.15) is 5.26 Å². The van der Waals surface area contributed by atoms with Crippen LogP contribution in [0.1, 0.15) is 28.8 Å². The number of hydrogen-bond donors (Lipinski definition) is 1. The number of amides is 2. The zero-order valence-corrected chi connectivity index (χ0v) is 16.2. The van der Waals surface area contributed by atoms with Crippen molar-refractivity contribution in [1.82, 2.24) is 15.5 Å². The zero-order valence-electron chi connectivity index (χ0n) is 16.2. The Morgan fingerprint density at radius 3 is 2.82 bits per heavy atom. The van der Waals surface area contributed by atoms with Gasteiger partial charge in [0.1, 0.15) is 0 Å². The van der Waals surface area contributed by atoms with Crippen LogP contribution in [0.2, 0.25) is 0 Å². The van der Waals surface area contributed by atoms with E-state index in [4.69, 9.17) is 5.26 Å². The zero-order chi connectivity index (χ0) is 20.1. The number of benzene rings is 2. The Kier molecular flexibility index (Phi) is 6.07. The molecule has 1 heterocycles. The fraction of sp³-hybridized carbons (Fsp3) is 0.318. The molecule has 1 aliphatic heterocycles. The molecule has 6 nitrogen and oxygen atoms in total. The Morgan fingerprint density at radius 2 is 2.07 bits per heavy atom. The van der Waals surface area contributed by atoms with Crippen molar-refractivity contribution in [2.75, 3.05) is 27.2 Å². The summed E-state index contributed by atoms with van der Waals surface area (Å²) in [5.74, 6) is -0.419. The van der Waals surface area contributed by atoms with Gasteiger partial charge in [0.05, 0.1) is 6.07 Å². The molecule has 0 aromatic heterocycles. The van der Waals surface area contributed by atoms with Crippen LogP contribution in [0, 0.1) is 11.3 Å². The van der Waals surface area contributed by atoms with Gasteiger partial charge in [0.15, 0.2) is 0 Å². The largest absolute Gasteiger partial charge is 0.352 e. The second-order valence-corrected chi connectivity index (χ2v) is 7.11. The fourth-order valence-electron chi connectivity index (χ4n) is 3.35. The molecule has 0 bridgehead atoms. The Morgan fingerprint density at radius 1 is 1.25 bits per heavy atom. The molecule has 2 aromatic rings. The number of nitrogens with one attached hydrogen (secondary N) is 1. The van der Waals surface area contributed by atoms with Crippen LogP contribution in [0.5, 0.6) is 0 Å². The monoisotopic (exact) mass is 375 g/mol. The average molecular weight is 375 g/mol. The Labute approximate surface area is 164 Å². The summed E-state index contributed by atoms with van der Waals surface area (Å²) in [7, 11) is 4.00. The van der Waals surface area contributed by atoms with E-state index >= 15 is 0 Å². The summed E-state index contributed by atoms with van der Waals surface area (Å²) in [6.07, 6.45) is 4.93. The van der Waals surface area contributed by atoms with Crippen LogP contribution in [-0.4, -0.2) is 43.9 Å². The van der Waals surface area contributed by atoms with Gasteiger partial charge in [-0.15, -0.1) is 0 Å². The molecule has 0 unspecified atom stereocenters. The van der Waals surface area contributed by atoms with E-state index in [0.29, 0.717) is 24.9 Å². The van der Waals surface area contributed by atoms with Crippen molar-refractivity contribution in [2.24, 2.45) is 0 Å². The van der Waals surface area contributed by atoms with Gasteiger partial charge in [-0.1, -0.05) is 12.1 Å². The first-order valence-electron chi connectivity index (χ1n) is 9.32. The molecule has 6 heteroatoms. The predicted molar refractivity (Wildman–Crippen MR) is 109 cm³/mol. The highest BCUT2D eigenvalue weighted by Crippen LogP contribution is 2.18. The summed E-state index contributed by atoms with van der Waals surface area (Å²) in [5, 5.41) is 19.2. The normalized spacial score (nSPS) is 12.6. The molecule has 143 valence electrons. The van der Waals surface area contributed by atoms with E-state index in [1.807, 2.05) is 32.3 Å². The van der Waals surface area contributed by atoms with Crippen LogP contribution in [0.15, 0.2) is 24.3 Å². The number of hydrogen-bond acceptors (Lipinski definition) is 4. The van der Waals surface area contributed by atoms with Gasteiger partial charge in [-0.3, -0.25) is 9.59 Å². The van der Waals surface area contributed by atoms with Crippen LogP contribution >= 0.6 is 0 Å². The Balaban J connectivity index is 1.98. The number of aryl methyl sites for hydroxylation is 1. The molecule has 0 aliphatic carbocycles. The van der Waals surface area contributed by atoms with E-state index in [0.717, 1.165) is 39.7 Å². The maximum Gasteiger partial charge on any atom is 0.270 e. The predicted octanol–water partition coefficient (Wildman–Crippen LogP) is 0.641. The third-order valence-corrected chi connectivity index (χ3v) is 4.73. The van der Waals surface area contributed by atoms with Crippen molar-refractivity contribution in [1.29, 1.82) is 5.26 Å². The van der Waals surface area contributed by atoms with Crippen LogP contribution in [0.4, 0.5) is 0 Å². The maximum absolute atomic E-state index is 12.5. The first kappa shape index (κ1) is 19.6. The summed E-state index contributed by atoms with van der Waals surface area (Å²) in [4.78, 5) is 26.3. The number of rotatable bonds is 7. The summed E-state index contributed by atoms with van der Waals surface area (Å²) in [6, 6.07) is 9.68. The summed E-state index contributed by atoms with van der Waals surface area (Å²) < 4.78 is 0. The number of nitrogens with zero attached hydrogens (tertiary/aromatic N) is 3. The minimum absolute atomic E-state index is 0.121. The highest BCUT2D eigenvalue weighted by molar-refractivity contribution is 6.08. The van der Waals surface area contributed by atoms with E-state index in [1.165, 1.54) is 6.08 Å². The molecular formula is C22H23N4O2. The molecule has 0 spiro atoms. The lowest BCUT2D eigenvalue weighted by molar-refractivity contribution is -0.114. The van der Waals surface area contributed by atoms with Crippen molar-refractivity contribution in [2.45, 2.75) is 19.3 Å². The second-order valence-electron chi connectivity index (χ2n) is 7.11.